The monoisotopic (exact) mass is 767 g/mol. The largest absolute Gasteiger partial charge is 0.309 e. The molecular formula is C57H37NS. The van der Waals surface area contributed by atoms with Crippen LogP contribution in [0.2, 0.25) is 0 Å². The summed E-state index contributed by atoms with van der Waals surface area (Å²) in [5, 5.41) is 15.2. The topological polar surface area (TPSA) is 3.24 Å². The molecule has 0 atom stereocenters. The smallest absolute Gasteiger partial charge is 0.0619 e. The highest BCUT2D eigenvalue weighted by molar-refractivity contribution is 7.18. The minimum Gasteiger partial charge on any atom is -0.309 e. The third kappa shape index (κ3) is 5.30. The fourth-order valence-corrected chi connectivity index (χ4v) is 10.7. The Bertz CT molecular complexity index is 3450. The highest BCUT2D eigenvalue weighted by atomic mass is 32.1. The van der Waals surface area contributed by atoms with Crippen LogP contribution in [0.4, 0.5) is 17.1 Å². The Morgan fingerprint density at radius 1 is 0.356 bits per heavy atom. The average molecular weight is 768 g/mol. The average Bonchev–Trinajstić information content (AvgIpc) is 3.80. The number of thiophene rings is 1. The number of hydrogen-bond donors (Lipinski definition) is 0. The zero-order valence-electron chi connectivity index (χ0n) is 32.5. The number of benzene rings is 11. The van der Waals surface area contributed by atoms with E-state index in [2.05, 4.69) is 218 Å². The van der Waals surface area contributed by atoms with E-state index in [1.807, 2.05) is 11.3 Å². The summed E-state index contributed by atoms with van der Waals surface area (Å²) in [4.78, 5) is 5.08. The summed E-state index contributed by atoms with van der Waals surface area (Å²) in [5.74, 6) is 0. The van der Waals surface area contributed by atoms with E-state index >= 15 is 0 Å². The molecule has 0 aliphatic carbocycles. The van der Waals surface area contributed by atoms with Crippen LogP contribution in [0, 0.1) is 6.92 Å². The number of rotatable bonds is 6. The van der Waals surface area contributed by atoms with E-state index in [4.69, 9.17) is 0 Å². The molecule has 11 aromatic carbocycles. The third-order valence-electron chi connectivity index (χ3n) is 12.3. The van der Waals surface area contributed by atoms with Crippen molar-refractivity contribution in [1.29, 1.82) is 0 Å². The van der Waals surface area contributed by atoms with Gasteiger partial charge < -0.3 is 4.90 Å². The molecule has 0 N–H and O–H groups in total. The molecule has 0 aliphatic rings. The zero-order chi connectivity index (χ0) is 39.0. The van der Waals surface area contributed by atoms with Gasteiger partial charge >= 0.3 is 0 Å². The molecule has 12 aromatic rings. The Morgan fingerprint density at radius 3 is 1.56 bits per heavy atom. The lowest BCUT2D eigenvalue weighted by Gasteiger charge is -2.31. The van der Waals surface area contributed by atoms with E-state index in [0.717, 1.165) is 11.4 Å². The minimum absolute atomic E-state index is 1.13. The van der Waals surface area contributed by atoms with Crippen LogP contribution in [0.5, 0.6) is 0 Å². The minimum atomic E-state index is 1.13. The van der Waals surface area contributed by atoms with Gasteiger partial charge in [0.05, 0.1) is 11.4 Å². The van der Waals surface area contributed by atoms with Gasteiger partial charge in [-0.1, -0.05) is 175 Å². The normalized spacial score (nSPS) is 11.8. The maximum atomic E-state index is 2.53. The lowest BCUT2D eigenvalue weighted by molar-refractivity contribution is 1.31. The van der Waals surface area contributed by atoms with Crippen molar-refractivity contribution in [2.75, 3.05) is 4.90 Å². The van der Waals surface area contributed by atoms with Crippen molar-refractivity contribution in [2.45, 2.75) is 6.92 Å². The molecule has 2 heteroatoms. The number of hydrogen-bond acceptors (Lipinski definition) is 2. The van der Waals surface area contributed by atoms with Crippen LogP contribution < -0.4 is 4.90 Å². The Morgan fingerprint density at radius 2 is 0.864 bits per heavy atom. The van der Waals surface area contributed by atoms with E-state index < -0.39 is 0 Å². The first kappa shape index (κ1) is 33.8. The first-order valence-electron chi connectivity index (χ1n) is 20.3. The highest BCUT2D eigenvalue weighted by Gasteiger charge is 2.25. The van der Waals surface area contributed by atoms with Crippen LogP contribution in [0.1, 0.15) is 5.56 Å². The first-order valence-corrected chi connectivity index (χ1v) is 21.2. The molecule has 12 rings (SSSR count). The van der Waals surface area contributed by atoms with Crippen LogP contribution in [-0.2, 0) is 0 Å². The molecule has 0 amide bonds. The number of nitrogens with zero attached hydrogens (tertiary/aromatic N) is 1. The molecular weight excluding hydrogens is 731 g/mol. The maximum absolute atomic E-state index is 2.53. The Kier molecular flexibility index (Phi) is 7.69. The van der Waals surface area contributed by atoms with Gasteiger partial charge in [0.1, 0.15) is 0 Å². The van der Waals surface area contributed by atoms with E-state index in [1.54, 1.807) is 0 Å². The second-order valence-electron chi connectivity index (χ2n) is 15.7. The summed E-state index contributed by atoms with van der Waals surface area (Å²) in [6, 6.07) is 76.5. The molecule has 0 unspecified atom stereocenters. The van der Waals surface area contributed by atoms with Gasteiger partial charge in [0.25, 0.3) is 0 Å². The lowest BCUT2D eigenvalue weighted by Crippen LogP contribution is -2.12. The van der Waals surface area contributed by atoms with Crippen molar-refractivity contribution in [1.82, 2.24) is 0 Å². The SMILES string of the molecule is Cc1ccc(N(c2c3ccccc3c(-c3cccc(-c4ccc(-c5ccccc5)s4)c3)c3ccccc23)c2ccc3c4cccc5cccc(c6cccc2c63)c54)cc1. The molecule has 1 heterocycles. The summed E-state index contributed by atoms with van der Waals surface area (Å²) in [7, 11) is 0. The summed E-state index contributed by atoms with van der Waals surface area (Å²) in [6.45, 7) is 2.17. The molecule has 0 saturated carbocycles. The van der Waals surface area contributed by atoms with Crippen molar-refractivity contribution in [3.63, 3.8) is 0 Å². The van der Waals surface area contributed by atoms with Crippen molar-refractivity contribution < 1.29 is 0 Å². The zero-order valence-corrected chi connectivity index (χ0v) is 33.3. The summed E-state index contributed by atoms with van der Waals surface area (Å²) >= 11 is 1.85. The molecule has 0 spiro atoms. The Labute approximate surface area is 347 Å². The molecule has 0 bridgehead atoms. The summed E-state index contributed by atoms with van der Waals surface area (Å²) in [6.07, 6.45) is 0. The standard InChI is InChI=1S/C57H37NS/c1-36-27-29-41(30-28-36)58(51-32-31-47-43-24-11-16-38-15-10-23-42(54(38)43)44-25-12-26-50(51)56(44)47)57-48-21-7-5-19-45(48)55(46-20-6-8-22-49(46)57)40-18-9-17-39(35-40)53-34-33-52(59-53)37-13-3-2-4-14-37/h2-35H,1H3. The van der Waals surface area contributed by atoms with Crippen LogP contribution in [0.25, 0.3) is 96.6 Å². The van der Waals surface area contributed by atoms with E-state index in [1.165, 1.54) is 108 Å². The van der Waals surface area contributed by atoms with Crippen LogP contribution in [-0.4, -0.2) is 0 Å². The van der Waals surface area contributed by atoms with Gasteiger partial charge in [-0.15, -0.1) is 11.3 Å². The molecule has 59 heavy (non-hydrogen) atoms. The van der Waals surface area contributed by atoms with Gasteiger partial charge in [-0.2, -0.15) is 0 Å². The number of anilines is 3. The highest BCUT2D eigenvalue weighted by Crippen LogP contribution is 2.51. The maximum Gasteiger partial charge on any atom is 0.0619 e. The van der Waals surface area contributed by atoms with E-state index in [0.29, 0.717) is 0 Å². The Hall–Kier alpha value is -7.26. The summed E-state index contributed by atoms with van der Waals surface area (Å²) in [5.41, 5.74) is 9.67. The van der Waals surface area contributed by atoms with Gasteiger partial charge in [0.15, 0.2) is 0 Å². The Balaban J connectivity index is 1.13. The predicted octanol–water partition coefficient (Wildman–Crippen LogP) is 16.9. The molecule has 276 valence electrons. The molecule has 0 fully saturated rings. The van der Waals surface area contributed by atoms with Gasteiger partial charge in [-0.05, 0) is 114 Å². The van der Waals surface area contributed by atoms with Crippen LogP contribution >= 0.6 is 11.3 Å². The number of fused-ring (bicyclic) bond motifs is 4. The fourth-order valence-electron chi connectivity index (χ4n) is 9.64. The van der Waals surface area contributed by atoms with E-state index in [9.17, 15) is 0 Å². The van der Waals surface area contributed by atoms with Crippen molar-refractivity contribution >= 4 is 93.0 Å². The second kappa shape index (κ2) is 13.4. The molecule has 1 aromatic heterocycles. The second-order valence-corrected chi connectivity index (χ2v) is 16.7. The first-order chi connectivity index (χ1) is 29.2. The van der Waals surface area contributed by atoms with Gasteiger partial charge in [0, 0.05) is 31.6 Å². The third-order valence-corrected chi connectivity index (χ3v) is 13.4. The predicted molar refractivity (Wildman–Crippen MR) is 256 cm³/mol. The quantitative estimate of drug-likeness (QED) is 0.120. The van der Waals surface area contributed by atoms with Gasteiger partial charge in [0.2, 0.25) is 0 Å². The van der Waals surface area contributed by atoms with Crippen LogP contribution in [0.3, 0.4) is 0 Å². The van der Waals surface area contributed by atoms with Crippen molar-refractivity contribution in [3.05, 3.63) is 212 Å². The molecule has 0 radical (unpaired) electrons. The van der Waals surface area contributed by atoms with Gasteiger partial charge in [-0.3, -0.25) is 0 Å². The van der Waals surface area contributed by atoms with Crippen LogP contribution in [0.15, 0.2) is 206 Å². The lowest BCUT2D eigenvalue weighted by atomic mass is 9.88. The van der Waals surface area contributed by atoms with Crippen molar-refractivity contribution in [2.24, 2.45) is 0 Å². The number of aryl methyl sites for hydroxylation is 1. The summed E-state index contributed by atoms with van der Waals surface area (Å²) < 4.78 is 0. The molecule has 0 aliphatic heterocycles. The van der Waals surface area contributed by atoms with Crippen molar-refractivity contribution in [3.8, 4) is 32.0 Å². The van der Waals surface area contributed by atoms with Gasteiger partial charge in [-0.25, -0.2) is 0 Å². The molecule has 1 nitrogen and oxygen atoms in total. The fraction of sp³-hybridized carbons (Fsp3) is 0.0175. The molecule has 0 saturated heterocycles. The van der Waals surface area contributed by atoms with E-state index in [-0.39, 0.29) is 0 Å².